The Bertz CT molecular complexity index is 1090. The van der Waals surface area contributed by atoms with Crippen LogP contribution < -0.4 is 5.32 Å². The molecule has 1 amide bonds. The van der Waals surface area contributed by atoms with Crippen LogP contribution in [0.15, 0.2) is 60.7 Å². The second-order valence-electron chi connectivity index (χ2n) is 8.38. The second kappa shape index (κ2) is 12.7. The predicted octanol–water partition coefficient (Wildman–Crippen LogP) is 4.17. The summed E-state index contributed by atoms with van der Waals surface area (Å²) in [7, 11) is -3.62. The highest BCUT2D eigenvalue weighted by Gasteiger charge is 2.49. The van der Waals surface area contributed by atoms with Gasteiger partial charge in [-0.15, -0.1) is 0 Å². The van der Waals surface area contributed by atoms with Gasteiger partial charge < -0.3 is 19.9 Å². The van der Waals surface area contributed by atoms with Crippen LogP contribution in [0.25, 0.3) is 0 Å². The molecule has 0 aliphatic heterocycles. The van der Waals surface area contributed by atoms with E-state index in [1.165, 1.54) is 0 Å². The highest BCUT2D eigenvalue weighted by atomic mass is 32.2. The number of alkyl halides is 3. The number of hydrogen-bond donors (Lipinski definition) is 3. The standard InChI is InChI=1S/C24H29F3N2O6S/c1-23(32,24(25,26)27)13-15-36(28,33)14-12-20(21(30)34-16-18-8-4-2-5-9-18)29-22(31)35-17-19-10-6-3-7-11-19/h2-11,20,28,32H,12-17H2,1H3,(H,29,31)/t20-,23-,36-/m0/s1. The molecule has 3 atom stereocenters. The second-order valence-corrected chi connectivity index (χ2v) is 10.8. The fourth-order valence-electron chi connectivity index (χ4n) is 2.90. The molecule has 0 saturated heterocycles. The van der Waals surface area contributed by atoms with Crippen molar-refractivity contribution in [1.29, 1.82) is 4.78 Å². The van der Waals surface area contributed by atoms with Gasteiger partial charge in [0.15, 0.2) is 5.60 Å². The van der Waals surface area contributed by atoms with E-state index in [0.717, 1.165) is 0 Å². The largest absolute Gasteiger partial charge is 0.459 e. The Balaban J connectivity index is 2.01. The lowest BCUT2D eigenvalue weighted by Crippen LogP contribution is -2.44. The van der Waals surface area contributed by atoms with Gasteiger partial charge in [-0.3, -0.25) is 4.78 Å². The summed E-state index contributed by atoms with van der Waals surface area (Å²) in [5.41, 5.74) is -1.74. The molecule has 0 fully saturated rings. The first-order valence-electron chi connectivity index (χ1n) is 11.0. The number of aliphatic hydroxyl groups is 1. The fraction of sp³-hybridized carbons (Fsp3) is 0.417. The van der Waals surface area contributed by atoms with Crippen LogP contribution >= 0.6 is 0 Å². The van der Waals surface area contributed by atoms with Crippen molar-refractivity contribution >= 4 is 21.8 Å². The van der Waals surface area contributed by atoms with E-state index in [4.69, 9.17) is 14.3 Å². The lowest BCUT2D eigenvalue weighted by Gasteiger charge is -2.26. The van der Waals surface area contributed by atoms with E-state index in [2.05, 4.69) is 5.32 Å². The third-order valence-corrected chi connectivity index (χ3v) is 7.04. The Morgan fingerprint density at radius 3 is 1.97 bits per heavy atom. The van der Waals surface area contributed by atoms with E-state index >= 15 is 0 Å². The number of amides is 1. The number of benzene rings is 2. The summed E-state index contributed by atoms with van der Waals surface area (Å²) in [5.74, 6) is -2.14. The van der Waals surface area contributed by atoms with Crippen LogP contribution in [0.2, 0.25) is 0 Å². The quantitative estimate of drug-likeness (QED) is 0.354. The summed E-state index contributed by atoms with van der Waals surface area (Å²) in [4.78, 5) is 24.9. The molecular formula is C24H29F3N2O6S. The number of alkyl carbamates (subject to hydrolysis) is 1. The number of halogens is 3. The summed E-state index contributed by atoms with van der Waals surface area (Å²) >= 11 is 0. The fourth-order valence-corrected chi connectivity index (χ4v) is 4.45. The number of carbonyl (C=O) groups excluding carboxylic acids is 2. The van der Waals surface area contributed by atoms with Crippen molar-refractivity contribution in [2.24, 2.45) is 0 Å². The highest BCUT2D eigenvalue weighted by Crippen LogP contribution is 2.33. The van der Waals surface area contributed by atoms with Crippen LogP contribution in [0, 0.1) is 4.78 Å². The zero-order valence-corrected chi connectivity index (χ0v) is 20.4. The monoisotopic (exact) mass is 530 g/mol. The molecule has 0 spiro atoms. The van der Waals surface area contributed by atoms with Gasteiger partial charge in [0.2, 0.25) is 0 Å². The van der Waals surface area contributed by atoms with Crippen LogP contribution in [-0.2, 0) is 37.2 Å². The van der Waals surface area contributed by atoms with Gasteiger partial charge >= 0.3 is 18.2 Å². The van der Waals surface area contributed by atoms with Gasteiger partial charge in [-0.25, -0.2) is 13.8 Å². The van der Waals surface area contributed by atoms with Crippen molar-refractivity contribution in [2.45, 2.75) is 50.8 Å². The maximum Gasteiger partial charge on any atom is 0.416 e. The van der Waals surface area contributed by atoms with Crippen molar-refractivity contribution in [3.05, 3.63) is 71.8 Å². The molecule has 0 bridgehead atoms. The first kappa shape index (κ1) is 29.1. The highest BCUT2D eigenvalue weighted by molar-refractivity contribution is 7.92. The number of rotatable bonds is 12. The Kier molecular flexibility index (Phi) is 10.3. The third-order valence-electron chi connectivity index (χ3n) is 5.28. The number of nitrogens with one attached hydrogen (secondary N) is 2. The minimum atomic E-state index is -4.95. The van der Waals surface area contributed by atoms with Crippen molar-refractivity contribution in [2.75, 3.05) is 11.5 Å². The van der Waals surface area contributed by atoms with E-state index in [1.54, 1.807) is 60.7 Å². The van der Waals surface area contributed by atoms with Crippen LogP contribution in [0.3, 0.4) is 0 Å². The molecule has 8 nitrogen and oxygen atoms in total. The maximum absolute atomic E-state index is 12.9. The molecule has 0 saturated carbocycles. The van der Waals surface area contributed by atoms with Gasteiger partial charge in [0.05, 0.1) is 0 Å². The van der Waals surface area contributed by atoms with Crippen LogP contribution in [-0.4, -0.2) is 50.7 Å². The Morgan fingerprint density at radius 2 is 1.47 bits per heavy atom. The van der Waals surface area contributed by atoms with Gasteiger partial charge in [0, 0.05) is 21.2 Å². The third kappa shape index (κ3) is 9.86. The van der Waals surface area contributed by atoms with Gasteiger partial charge in [-0.05, 0) is 30.9 Å². The van der Waals surface area contributed by atoms with E-state index < -0.39 is 57.5 Å². The molecule has 0 heterocycles. The van der Waals surface area contributed by atoms with E-state index in [0.29, 0.717) is 18.1 Å². The molecule has 3 N–H and O–H groups in total. The van der Waals surface area contributed by atoms with Gasteiger partial charge in [-0.1, -0.05) is 60.7 Å². The summed E-state index contributed by atoms with van der Waals surface area (Å²) < 4.78 is 69.4. The first-order chi connectivity index (χ1) is 16.8. The minimum Gasteiger partial charge on any atom is -0.459 e. The lowest BCUT2D eigenvalue weighted by molar-refractivity contribution is -0.253. The molecular weight excluding hydrogens is 501 g/mol. The first-order valence-corrected chi connectivity index (χ1v) is 12.9. The Hall–Kier alpha value is -3.12. The van der Waals surface area contributed by atoms with Crippen LogP contribution in [0.5, 0.6) is 0 Å². The SMILES string of the molecule is C[C@](O)(CC[S@@](=N)(=O)CC[C@H](NC(=O)OCc1ccccc1)C(=O)OCc1ccccc1)C(F)(F)F. The minimum absolute atomic E-state index is 0.0832. The number of ether oxygens (including phenoxy) is 2. The van der Waals surface area contributed by atoms with Crippen molar-refractivity contribution in [3.63, 3.8) is 0 Å². The van der Waals surface area contributed by atoms with Gasteiger partial charge in [0.25, 0.3) is 0 Å². The molecule has 0 aliphatic carbocycles. The predicted molar refractivity (Wildman–Crippen MR) is 126 cm³/mol. The smallest absolute Gasteiger partial charge is 0.416 e. The summed E-state index contributed by atoms with van der Waals surface area (Å²) in [5, 5.41) is 11.9. The topological polar surface area (TPSA) is 126 Å². The number of carbonyl (C=O) groups is 2. The number of esters is 1. The van der Waals surface area contributed by atoms with Crippen LogP contribution in [0.4, 0.5) is 18.0 Å². The molecule has 2 rings (SSSR count). The molecule has 2 aromatic carbocycles. The summed E-state index contributed by atoms with van der Waals surface area (Å²) in [6, 6.07) is 16.1. The lowest BCUT2D eigenvalue weighted by atomic mass is 10.0. The normalized spacial score (nSPS) is 15.7. The molecule has 12 heteroatoms. The zero-order chi connectivity index (χ0) is 26.8. The van der Waals surface area contributed by atoms with E-state index in [1.807, 2.05) is 0 Å². The average molecular weight is 531 g/mol. The van der Waals surface area contributed by atoms with Gasteiger partial charge in [-0.2, -0.15) is 13.2 Å². The van der Waals surface area contributed by atoms with Gasteiger partial charge in [0.1, 0.15) is 19.3 Å². The van der Waals surface area contributed by atoms with Crippen molar-refractivity contribution in [1.82, 2.24) is 5.32 Å². The molecule has 36 heavy (non-hydrogen) atoms. The molecule has 0 aromatic heterocycles. The van der Waals surface area contributed by atoms with Crippen molar-refractivity contribution < 1.29 is 41.5 Å². The molecule has 198 valence electrons. The molecule has 0 aliphatic rings. The maximum atomic E-state index is 12.9. The average Bonchev–Trinajstić information content (AvgIpc) is 2.83. The Morgan fingerprint density at radius 1 is 0.972 bits per heavy atom. The van der Waals surface area contributed by atoms with Crippen LogP contribution in [0.1, 0.15) is 30.9 Å². The Labute approximate surface area is 207 Å². The summed E-state index contributed by atoms with van der Waals surface area (Å²) in [6.45, 7) is 0.346. The van der Waals surface area contributed by atoms with Crippen molar-refractivity contribution in [3.8, 4) is 0 Å². The van der Waals surface area contributed by atoms with E-state index in [-0.39, 0.29) is 19.6 Å². The molecule has 2 aromatic rings. The number of hydrogen-bond acceptors (Lipinski definition) is 7. The summed E-state index contributed by atoms with van der Waals surface area (Å²) in [6.07, 6.45) is -7.20. The molecule has 0 unspecified atom stereocenters. The zero-order valence-electron chi connectivity index (χ0n) is 19.6. The van der Waals surface area contributed by atoms with E-state index in [9.17, 15) is 32.1 Å². The molecule has 0 radical (unpaired) electrons.